The fraction of sp³-hybridized carbons (Fsp3) is 0.333. The third kappa shape index (κ3) is 2.22. The van der Waals surface area contributed by atoms with Crippen molar-refractivity contribution in [1.29, 1.82) is 0 Å². The average molecular weight is 245 g/mol. The van der Waals surface area contributed by atoms with Gasteiger partial charge in [-0.15, -0.1) is 6.58 Å². The van der Waals surface area contributed by atoms with Gasteiger partial charge in [0, 0.05) is 12.7 Å². The van der Waals surface area contributed by atoms with Crippen molar-refractivity contribution in [2.45, 2.75) is 19.8 Å². The normalized spacial score (nSPS) is 10.5. The number of fused-ring (bicyclic) bond motifs is 1. The van der Waals surface area contributed by atoms with Crippen LogP contribution < -0.4 is 5.32 Å². The van der Waals surface area contributed by atoms with Gasteiger partial charge in [-0.05, 0) is 12.8 Å². The van der Waals surface area contributed by atoms with E-state index >= 15 is 0 Å². The second-order valence-electron chi connectivity index (χ2n) is 3.78. The molecule has 2 heterocycles. The summed E-state index contributed by atoms with van der Waals surface area (Å²) in [5, 5.41) is 6.90. The molecule has 2 rings (SSSR count). The Morgan fingerprint density at radius 2 is 2.39 bits per heavy atom. The molecule has 2 aromatic heterocycles. The molecule has 0 unspecified atom stereocenters. The quantitative estimate of drug-likeness (QED) is 0.630. The van der Waals surface area contributed by atoms with Crippen molar-refractivity contribution in [3.63, 3.8) is 0 Å². The Labute approximate surface area is 105 Å². The molecular weight excluding hydrogens is 230 g/mol. The molecule has 0 spiro atoms. The van der Waals surface area contributed by atoms with Gasteiger partial charge in [-0.25, -0.2) is 9.50 Å². The molecule has 0 radical (unpaired) electrons. The van der Waals surface area contributed by atoms with Gasteiger partial charge in [0.1, 0.15) is 6.33 Å². The number of rotatable bonds is 5. The van der Waals surface area contributed by atoms with E-state index < -0.39 is 0 Å². The Kier molecular flexibility index (Phi) is 3.66. The molecular formula is C12H15N5O. The zero-order valence-corrected chi connectivity index (χ0v) is 10.3. The third-order valence-corrected chi connectivity index (χ3v) is 2.62. The predicted octanol–water partition coefficient (Wildman–Crippen LogP) is 0.993. The summed E-state index contributed by atoms with van der Waals surface area (Å²) >= 11 is 0. The number of aromatic nitrogens is 4. The van der Waals surface area contributed by atoms with Gasteiger partial charge in [0.05, 0.1) is 11.3 Å². The van der Waals surface area contributed by atoms with Gasteiger partial charge in [0.2, 0.25) is 0 Å². The lowest BCUT2D eigenvalue weighted by atomic mass is 10.2. The Bertz CT molecular complexity index is 575. The van der Waals surface area contributed by atoms with Gasteiger partial charge in [-0.1, -0.05) is 13.0 Å². The first-order valence-corrected chi connectivity index (χ1v) is 5.84. The fourth-order valence-electron chi connectivity index (χ4n) is 1.74. The van der Waals surface area contributed by atoms with Crippen LogP contribution in [-0.2, 0) is 6.42 Å². The summed E-state index contributed by atoms with van der Waals surface area (Å²) in [6.45, 7) is 6.15. The van der Waals surface area contributed by atoms with Crippen molar-refractivity contribution in [3.8, 4) is 0 Å². The first-order chi connectivity index (χ1) is 8.77. The van der Waals surface area contributed by atoms with Crippen molar-refractivity contribution < 1.29 is 4.79 Å². The van der Waals surface area contributed by atoms with Gasteiger partial charge in [-0.2, -0.15) is 10.1 Å². The Hall–Kier alpha value is -2.24. The third-order valence-electron chi connectivity index (χ3n) is 2.62. The van der Waals surface area contributed by atoms with E-state index in [1.54, 1.807) is 16.8 Å². The largest absolute Gasteiger partial charge is 0.352 e. The van der Waals surface area contributed by atoms with E-state index in [-0.39, 0.29) is 5.91 Å². The molecule has 0 saturated carbocycles. The van der Waals surface area contributed by atoms with Gasteiger partial charge in [0.25, 0.3) is 11.7 Å². The fourth-order valence-corrected chi connectivity index (χ4v) is 1.74. The highest BCUT2D eigenvalue weighted by Gasteiger charge is 2.14. The van der Waals surface area contributed by atoms with Crippen LogP contribution in [0.2, 0.25) is 0 Å². The maximum absolute atomic E-state index is 12.0. The van der Waals surface area contributed by atoms with Crippen LogP contribution in [0.5, 0.6) is 0 Å². The number of aryl methyl sites for hydroxylation is 1. The molecule has 0 atom stereocenters. The van der Waals surface area contributed by atoms with Gasteiger partial charge < -0.3 is 5.32 Å². The zero-order chi connectivity index (χ0) is 13.0. The van der Waals surface area contributed by atoms with Crippen molar-refractivity contribution in [2.75, 3.05) is 6.54 Å². The molecule has 0 fully saturated rings. The topological polar surface area (TPSA) is 72.2 Å². The zero-order valence-electron chi connectivity index (χ0n) is 10.3. The lowest BCUT2D eigenvalue weighted by molar-refractivity contribution is 0.0952. The van der Waals surface area contributed by atoms with E-state index in [2.05, 4.69) is 27.0 Å². The molecule has 94 valence electrons. The summed E-state index contributed by atoms with van der Waals surface area (Å²) < 4.78 is 1.60. The summed E-state index contributed by atoms with van der Waals surface area (Å²) in [6.07, 6.45) is 6.17. The standard InChI is InChI=1S/C12H15N5O/c1-3-5-6-13-11(18)9-7-14-12-15-8-16-17(12)10(9)4-2/h3,7-8H,1,4-6H2,2H3,(H,13,18). The summed E-state index contributed by atoms with van der Waals surface area (Å²) in [5.74, 6) is 0.369. The minimum absolute atomic E-state index is 0.140. The van der Waals surface area contributed by atoms with Gasteiger partial charge in [-0.3, -0.25) is 4.79 Å². The Morgan fingerprint density at radius 3 is 3.11 bits per heavy atom. The van der Waals surface area contributed by atoms with Crippen LogP contribution in [0.3, 0.4) is 0 Å². The molecule has 0 aliphatic heterocycles. The number of hydrogen-bond acceptors (Lipinski definition) is 4. The van der Waals surface area contributed by atoms with Gasteiger partial charge >= 0.3 is 0 Å². The Balaban J connectivity index is 2.31. The molecule has 1 amide bonds. The smallest absolute Gasteiger partial charge is 0.254 e. The molecule has 6 nitrogen and oxygen atoms in total. The number of hydrogen-bond donors (Lipinski definition) is 1. The van der Waals surface area contributed by atoms with Crippen LogP contribution in [0, 0.1) is 0 Å². The SMILES string of the molecule is C=CCCNC(=O)c1cnc2ncnn2c1CC. The van der Waals surface area contributed by atoms with E-state index in [0.717, 1.165) is 12.1 Å². The first kappa shape index (κ1) is 12.2. The highest BCUT2D eigenvalue weighted by atomic mass is 16.1. The van der Waals surface area contributed by atoms with E-state index in [1.165, 1.54) is 6.33 Å². The highest BCUT2D eigenvalue weighted by Crippen LogP contribution is 2.09. The molecule has 0 bridgehead atoms. The summed E-state index contributed by atoms with van der Waals surface area (Å²) in [7, 11) is 0. The minimum atomic E-state index is -0.140. The first-order valence-electron chi connectivity index (χ1n) is 5.84. The van der Waals surface area contributed by atoms with E-state index in [4.69, 9.17) is 0 Å². The molecule has 6 heteroatoms. The summed E-state index contributed by atoms with van der Waals surface area (Å²) in [6, 6.07) is 0. The summed E-state index contributed by atoms with van der Waals surface area (Å²) in [5.41, 5.74) is 1.35. The molecule has 0 aliphatic carbocycles. The Morgan fingerprint density at radius 1 is 1.56 bits per heavy atom. The molecule has 18 heavy (non-hydrogen) atoms. The van der Waals surface area contributed by atoms with Crippen LogP contribution in [0.25, 0.3) is 5.78 Å². The number of amides is 1. The van der Waals surface area contributed by atoms with E-state index in [9.17, 15) is 4.79 Å². The molecule has 2 aromatic rings. The molecule has 0 saturated heterocycles. The van der Waals surface area contributed by atoms with Crippen LogP contribution >= 0.6 is 0 Å². The number of nitrogens with one attached hydrogen (secondary N) is 1. The van der Waals surface area contributed by atoms with Crippen LogP contribution in [0.4, 0.5) is 0 Å². The number of nitrogens with zero attached hydrogens (tertiary/aromatic N) is 4. The lowest BCUT2D eigenvalue weighted by Gasteiger charge is -2.08. The lowest BCUT2D eigenvalue weighted by Crippen LogP contribution is -2.26. The maximum Gasteiger partial charge on any atom is 0.254 e. The molecule has 0 aromatic carbocycles. The molecule has 0 aliphatic rings. The number of carbonyl (C=O) groups is 1. The monoisotopic (exact) mass is 245 g/mol. The van der Waals surface area contributed by atoms with E-state index in [0.29, 0.717) is 24.3 Å². The van der Waals surface area contributed by atoms with Crippen LogP contribution in [0.15, 0.2) is 25.2 Å². The van der Waals surface area contributed by atoms with Crippen molar-refractivity contribution >= 4 is 11.7 Å². The van der Waals surface area contributed by atoms with Crippen molar-refractivity contribution in [1.82, 2.24) is 24.9 Å². The minimum Gasteiger partial charge on any atom is -0.352 e. The predicted molar refractivity (Wildman–Crippen MR) is 67.3 cm³/mol. The van der Waals surface area contributed by atoms with Crippen molar-refractivity contribution in [3.05, 3.63) is 36.4 Å². The van der Waals surface area contributed by atoms with Crippen molar-refractivity contribution in [2.24, 2.45) is 0 Å². The summed E-state index contributed by atoms with van der Waals surface area (Å²) in [4.78, 5) is 20.1. The second kappa shape index (κ2) is 5.39. The second-order valence-corrected chi connectivity index (χ2v) is 3.78. The van der Waals surface area contributed by atoms with Crippen LogP contribution in [0.1, 0.15) is 29.4 Å². The average Bonchev–Trinajstić information content (AvgIpc) is 2.85. The highest BCUT2D eigenvalue weighted by molar-refractivity contribution is 5.95. The van der Waals surface area contributed by atoms with Gasteiger partial charge in [0.15, 0.2) is 0 Å². The van der Waals surface area contributed by atoms with Crippen LogP contribution in [-0.4, -0.2) is 32.0 Å². The van der Waals surface area contributed by atoms with E-state index in [1.807, 2.05) is 6.92 Å². The number of carbonyl (C=O) groups excluding carboxylic acids is 1. The molecule has 1 N–H and O–H groups in total. The maximum atomic E-state index is 12.0.